The van der Waals surface area contributed by atoms with Crippen molar-refractivity contribution in [3.8, 4) is 0 Å². The Labute approximate surface area is 220 Å². The molecule has 33 heavy (non-hydrogen) atoms. The van der Waals surface area contributed by atoms with Crippen LogP contribution in [0, 0.1) is 9.49 Å². The highest BCUT2D eigenvalue weighted by Crippen LogP contribution is 2.26. The Balaban J connectivity index is 1.67. The van der Waals surface area contributed by atoms with Crippen molar-refractivity contribution in [1.29, 1.82) is 0 Å². The maximum absolute atomic E-state index is 12.8. The van der Waals surface area contributed by atoms with Crippen LogP contribution < -0.4 is 10.6 Å². The van der Waals surface area contributed by atoms with E-state index in [-0.39, 0.29) is 28.5 Å². The number of carbonyl (C=O) groups excluding carboxylic acids is 2. The molecule has 3 rings (SSSR count). The molecule has 0 unspecified atom stereocenters. The van der Waals surface area contributed by atoms with Crippen molar-refractivity contribution < 1.29 is 9.59 Å². The van der Waals surface area contributed by atoms with E-state index >= 15 is 0 Å². The van der Waals surface area contributed by atoms with Crippen LogP contribution >= 0.6 is 57.6 Å². The van der Waals surface area contributed by atoms with Crippen LogP contribution in [-0.4, -0.2) is 32.3 Å². The lowest BCUT2D eigenvalue weighted by atomic mass is 10.0. The van der Waals surface area contributed by atoms with E-state index in [0.29, 0.717) is 21.6 Å². The second-order valence-corrected chi connectivity index (χ2v) is 10.6. The van der Waals surface area contributed by atoms with Crippen molar-refractivity contribution in [2.75, 3.05) is 11.1 Å². The number of hydrogen-bond acceptors (Lipinski definition) is 5. The lowest BCUT2D eigenvalue weighted by molar-refractivity contribution is -0.113. The fourth-order valence-electron chi connectivity index (χ4n) is 3.01. The fourth-order valence-corrected chi connectivity index (χ4v) is 4.58. The molecular formula is C22H22Cl2IN5O2S. The smallest absolute Gasteiger partial charge is 0.253 e. The van der Waals surface area contributed by atoms with Gasteiger partial charge in [0, 0.05) is 21.3 Å². The summed E-state index contributed by atoms with van der Waals surface area (Å²) in [4.78, 5) is 25.2. The van der Waals surface area contributed by atoms with E-state index in [4.69, 9.17) is 23.2 Å². The third kappa shape index (κ3) is 6.84. The van der Waals surface area contributed by atoms with E-state index < -0.39 is 6.04 Å². The summed E-state index contributed by atoms with van der Waals surface area (Å²) in [5, 5.41) is 15.7. The number of anilines is 1. The molecule has 0 aliphatic carbocycles. The first-order valence-electron chi connectivity index (χ1n) is 9.99. The van der Waals surface area contributed by atoms with Gasteiger partial charge < -0.3 is 15.2 Å². The number of amides is 2. The first-order valence-corrected chi connectivity index (χ1v) is 12.8. The Morgan fingerprint density at radius 3 is 2.45 bits per heavy atom. The van der Waals surface area contributed by atoms with Gasteiger partial charge in [-0.15, -0.1) is 10.2 Å². The molecule has 0 fully saturated rings. The van der Waals surface area contributed by atoms with Gasteiger partial charge in [0.15, 0.2) is 11.0 Å². The summed E-state index contributed by atoms with van der Waals surface area (Å²) in [6, 6.07) is 11.9. The van der Waals surface area contributed by atoms with E-state index in [1.54, 1.807) is 16.7 Å². The Bertz CT molecular complexity index is 1150. The van der Waals surface area contributed by atoms with Gasteiger partial charge in [0.05, 0.1) is 22.4 Å². The highest BCUT2D eigenvalue weighted by Gasteiger charge is 2.26. The molecule has 1 heterocycles. The third-order valence-corrected chi connectivity index (χ3v) is 7.02. The zero-order valence-electron chi connectivity index (χ0n) is 18.1. The zero-order chi connectivity index (χ0) is 24.1. The molecule has 0 saturated heterocycles. The highest BCUT2D eigenvalue weighted by molar-refractivity contribution is 14.1. The molecule has 2 aromatic carbocycles. The first-order chi connectivity index (χ1) is 15.7. The number of aromatic nitrogens is 3. The summed E-state index contributed by atoms with van der Waals surface area (Å²) in [6.07, 6.45) is 0. The van der Waals surface area contributed by atoms with Gasteiger partial charge >= 0.3 is 0 Å². The van der Waals surface area contributed by atoms with Crippen LogP contribution in [0.1, 0.15) is 36.1 Å². The second kappa shape index (κ2) is 11.5. The fraction of sp³-hybridized carbons (Fsp3) is 0.273. The number of nitrogens with zero attached hydrogens (tertiary/aromatic N) is 3. The summed E-state index contributed by atoms with van der Waals surface area (Å²) in [6.45, 7) is 3.95. The Morgan fingerprint density at radius 1 is 1.12 bits per heavy atom. The molecule has 1 aromatic heterocycles. The third-order valence-electron chi connectivity index (χ3n) is 4.74. The number of benzene rings is 2. The minimum Gasteiger partial charge on any atom is -0.342 e. The van der Waals surface area contributed by atoms with E-state index in [9.17, 15) is 9.59 Å². The molecular weight excluding hydrogens is 596 g/mol. The van der Waals surface area contributed by atoms with Crippen LogP contribution in [-0.2, 0) is 11.8 Å². The Hall–Kier alpha value is -1.82. The molecule has 0 bridgehead atoms. The number of carbonyl (C=O) groups is 2. The molecule has 3 aromatic rings. The standard InChI is InChI=1S/C22H22Cl2IN5O2S/c1-12(2)19(27-21(32)16-9-4-13(23)10-17(16)24)20-28-29-22(30(20)3)33-11-18(31)26-15-7-5-14(25)6-8-15/h4-10,12,19H,11H2,1-3H3,(H,26,31)(H,27,32)/t19-/m0/s1. The molecule has 2 N–H and O–H groups in total. The number of nitrogens with one attached hydrogen (secondary N) is 2. The molecule has 174 valence electrons. The lowest BCUT2D eigenvalue weighted by Crippen LogP contribution is -2.33. The van der Waals surface area contributed by atoms with Crippen molar-refractivity contribution in [3.63, 3.8) is 0 Å². The van der Waals surface area contributed by atoms with Gasteiger partial charge in [0.1, 0.15) is 0 Å². The number of hydrogen-bond donors (Lipinski definition) is 2. The Kier molecular flexibility index (Phi) is 9.02. The average molecular weight is 618 g/mol. The molecule has 0 saturated carbocycles. The van der Waals surface area contributed by atoms with Crippen LogP contribution in [0.4, 0.5) is 5.69 Å². The summed E-state index contributed by atoms with van der Waals surface area (Å²) >= 11 is 15.6. The van der Waals surface area contributed by atoms with Crippen LogP contribution in [0.2, 0.25) is 10.0 Å². The van der Waals surface area contributed by atoms with Crippen LogP contribution in [0.15, 0.2) is 47.6 Å². The monoisotopic (exact) mass is 617 g/mol. The van der Waals surface area contributed by atoms with Crippen molar-refractivity contribution >= 4 is 75.1 Å². The number of halogens is 3. The molecule has 11 heteroatoms. The minimum absolute atomic E-state index is 0.0324. The normalized spacial score (nSPS) is 12.0. The largest absolute Gasteiger partial charge is 0.342 e. The maximum atomic E-state index is 12.8. The van der Waals surface area contributed by atoms with Crippen LogP contribution in [0.5, 0.6) is 0 Å². The summed E-state index contributed by atoms with van der Waals surface area (Å²) in [5.74, 6) is 0.326. The molecule has 0 radical (unpaired) electrons. The van der Waals surface area contributed by atoms with Gasteiger partial charge in [-0.25, -0.2) is 0 Å². The molecule has 0 aliphatic rings. The molecule has 2 amide bonds. The quantitative estimate of drug-likeness (QED) is 0.254. The van der Waals surface area contributed by atoms with Crippen molar-refractivity contribution in [1.82, 2.24) is 20.1 Å². The SMILES string of the molecule is CC(C)[C@H](NC(=O)c1ccc(Cl)cc1Cl)c1nnc(SCC(=O)Nc2ccc(I)cc2)n1C. The topological polar surface area (TPSA) is 88.9 Å². The Morgan fingerprint density at radius 2 is 1.82 bits per heavy atom. The number of rotatable bonds is 8. The van der Waals surface area contributed by atoms with E-state index in [2.05, 4.69) is 43.4 Å². The van der Waals surface area contributed by atoms with Gasteiger partial charge in [0.2, 0.25) is 5.91 Å². The van der Waals surface area contributed by atoms with Crippen molar-refractivity contribution in [2.45, 2.75) is 25.0 Å². The maximum Gasteiger partial charge on any atom is 0.253 e. The molecule has 7 nitrogen and oxygen atoms in total. The zero-order valence-corrected chi connectivity index (χ0v) is 22.6. The van der Waals surface area contributed by atoms with Gasteiger partial charge in [-0.1, -0.05) is 48.8 Å². The van der Waals surface area contributed by atoms with Gasteiger partial charge in [0.25, 0.3) is 5.91 Å². The van der Waals surface area contributed by atoms with Gasteiger partial charge in [-0.3, -0.25) is 9.59 Å². The lowest BCUT2D eigenvalue weighted by Gasteiger charge is -2.22. The molecule has 0 spiro atoms. The molecule has 1 atom stereocenters. The predicted molar refractivity (Wildman–Crippen MR) is 141 cm³/mol. The van der Waals surface area contributed by atoms with Crippen LogP contribution in [0.3, 0.4) is 0 Å². The van der Waals surface area contributed by atoms with E-state index in [0.717, 1.165) is 9.26 Å². The van der Waals surface area contributed by atoms with Crippen molar-refractivity contribution in [2.24, 2.45) is 13.0 Å². The van der Waals surface area contributed by atoms with Gasteiger partial charge in [-0.05, 0) is 71.0 Å². The summed E-state index contributed by atoms with van der Waals surface area (Å²) < 4.78 is 2.88. The van der Waals surface area contributed by atoms with E-state index in [1.807, 2.05) is 45.2 Å². The van der Waals surface area contributed by atoms with Gasteiger partial charge in [-0.2, -0.15) is 0 Å². The van der Waals surface area contributed by atoms with E-state index in [1.165, 1.54) is 17.8 Å². The minimum atomic E-state index is -0.406. The highest BCUT2D eigenvalue weighted by atomic mass is 127. The average Bonchev–Trinajstić information content (AvgIpc) is 3.11. The van der Waals surface area contributed by atoms with Crippen LogP contribution in [0.25, 0.3) is 0 Å². The molecule has 0 aliphatic heterocycles. The first kappa shape index (κ1) is 25.8. The second-order valence-electron chi connectivity index (χ2n) is 7.56. The predicted octanol–water partition coefficient (Wildman–Crippen LogP) is 5.58. The number of thioether (sulfide) groups is 1. The summed E-state index contributed by atoms with van der Waals surface area (Å²) in [7, 11) is 1.81. The summed E-state index contributed by atoms with van der Waals surface area (Å²) in [5.41, 5.74) is 1.07. The van der Waals surface area contributed by atoms with Crippen molar-refractivity contribution in [3.05, 3.63) is 67.5 Å².